The molecule has 2 aromatic heterocycles. The molecule has 0 bridgehead atoms. The number of rotatable bonds is 6. The highest BCUT2D eigenvalue weighted by Crippen LogP contribution is 2.31. The van der Waals surface area contributed by atoms with Crippen molar-refractivity contribution in [3.05, 3.63) is 84.2 Å². The van der Waals surface area contributed by atoms with E-state index in [9.17, 15) is 0 Å². The standard InChI is InChI=1S/C21H17N3O2S/c1-15-7-2-4-10-18(15)20-23-24-21(26-20)27-14-16-8-3-5-11-19(16)25-17-9-6-12-22-13-17/h2-13H,14H2,1H3. The molecule has 0 radical (unpaired) electrons. The van der Waals surface area contributed by atoms with Gasteiger partial charge in [0.25, 0.3) is 5.22 Å². The van der Waals surface area contributed by atoms with Gasteiger partial charge in [0.05, 0.1) is 6.20 Å². The zero-order valence-electron chi connectivity index (χ0n) is 14.7. The molecule has 0 fully saturated rings. The summed E-state index contributed by atoms with van der Waals surface area (Å²) in [5, 5.41) is 8.86. The second-order valence-corrected chi connectivity index (χ2v) is 6.80. The first-order valence-corrected chi connectivity index (χ1v) is 9.46. The van der Waals surface area contributed by atoms with Gasteiger partial charge in [-0.15, -0.1) is 10.2 Å². The topological polar surface area (TPSA) is 61.0 Å². The van der Waals surface area contributed by atoms with Crippen molar-refractivity contribution in [3.63, 3.8) is 0 Å². The van der Waals surface area contributed by atoms with Crippen LogP contribution in [-0.4, -0.2) is 15.2 Å². The summed E-state index contributed by atoms with van der Waals surface area (Å²) >= 11 is 1.48. The van der Waals surface area contributed by atoms with Crippen molar-refractivity contribution in [3.8, 4) is 23.0 Å². The van der Waals surface area contributed by atoms with Crippen LogP contribution in [0.15, 0.2) is 82.7 Å². The first kappa shape index (κ1) is 17.3. The van der Waals surface area contributed by atoms with Gasteiger partial charge in [0.15, 0.2) is 0 Å². The van der Waals surface area contributed by atoms with E-state index in [1.807, 2.05) is 67.6 Å². The lowest BCUT2D eigenvalue weighted by Crippen LogP contribution is -1.90. The van der Waals surface area contributed by atoms with Crippen molar-refractivity contribution in [2.45, 2.75) is 17.9 Å². The van der Waals surface area contributed by atoms with Gasteiger partial charge in [-0.05, 0) is 36.8 Å². The lowest BCUT2D eigenvalue weighted by Gasteiger charge is -2.09. The van der Waals surface area contributed by atoms with Crippen LogP contribution in [0.4, 0.5) is 0 Å². The van der Waals surface area contributed by atoms with Crippen LogP contribution in [0.3, 0.4) is 0 Å². The Kier molecular flexibility index (Phi) is 5.16. The number of ether oxygens (including phenoxy) is 1. The van der Waals surface area contributed by atoms with Crippen molar-refractivity contribution in [2.24, 2.45) is 0 Å². The van der Waals surface area contributed by atoms with Gasteiger partial charge >= 0.3 is 0 Å². The first-order valence-electron chi connectivity index (χ1n) is 8.48. The minimum Gasteiger partial charge on any atom is -0.455 e. The predicted octanol–water partition coefficient (Wildman–Crippen LogP) is 5.52. The second kappa shape index (κ2) is 8.05. The summed E-state index contributed by atoms with van der Waals surface area (Å²) in [6.07, 6.45) is 3.41. The number of benzene rings is 2. The van der Waals surface area contributed by atoms with Crippen LogP contribution in [0.25, 0.3) is 11.5 Å². The highest BCUT2D eigenvalue weighted by molar-refractivity contribution is 7.98. The molecule has 2 aromatic carbocycles. The Morgan fingerprint density at radius 3 is 2.67 bits per heavy atom. The molecule has 27 heavy (non-hydrogen) atoms. The monoisotopic (exact) mass is 375 g/mol. The Morgan fingerprint density at radius 1 is 0.963 bits per heavy atom. The highest BCUT2D eigenvalue weighted by Gasteiger charge is 2.12. The molecule has 0 saturated heterocycles. The van der Waals surface area contributed by atoms with E-state index in [2.05, 4.69) is 15.2 Å². The summed E-state index contributed by atoms with van der Waals surface area (Å²) in [6.45, 7) is 2.03. The zero-order chi connectivity index (χ0) is 18.5. The number of pyridine rings is 1. The van der Waals surface area contributed by atoms with E-state index < -0.39 is 0 Å². The molecule has 0 aliphatic rings. The number of hydrogen-bond donors (Lipinski definition) is 0. The number of aromatic nitrogens is 3. The van der Waals surface area contributed by atoms with Crippen molar-refractivity contribution in [2.75, 3.05) is 0 Å². The molecule has 0 aliphatic carbocycles. The number of hydrogen-bond acceptors (Lipinski definition) is 6. The van der Waals surface area contributed by atoms with Crippen LogP contribution in [0.1, 0.15) is 11.1 Å². The third-order valence-electron chi connectivity index (χ3n) is 3.97. The molecule has 0 amide bonds. The molecule has 2 heterocycles. The molecular weight excluding hydrogens is 358 g/mol. The zero-order valence-corrected chi connectivity index (χ0v) is 15.5. The summed E-state index contributed by atoms with van der Waals surface area (Å²) < 4.78 is 11.8. The van der Waals surface area contributed by atoms with Gasteiger partial charge in [0.2, 0.25) is 5.89 Å². The largest absolute Gasteiger partial charge is 0.455 e. The molecule has 4 rings (SSSR count). The molecule has 0 unspecified atom stereocenters. The van der Waals surface area contributed by atoms with Gasteiger partial charge in [0, 0.05) is 23.1 Å². The van der Waals surface area contributed by atoms with Crippen molar-refractivity contribution in [1.29, 1.82) is 0 Å². The molecular formula is C21H17N3O2S. The van der Waals surface area contributed by atoms with Crippen LogP contribution in [0, 0.1) is 6.92 Å². The first-order chi connectivity index (χ1) is 13.3. The van der Waals surface area contributed by atoms with Crippen LogP contribution in [0.2, 0.25) is 0 Å². The molecule has 4 aromatic rings. The van der Waals surface area contributed by atoms with Gasteiger partial charge in [-0.3, -0.25) is 4.98 Å². The third kappa shape index (κ3) is 4.17. The van der Waals surface area contributed by atoms with Crippen molar-refractivity contribution < 1.29 is 9.15 Å². The molecule has 134 valence electrons. The maximum atomic E-state index is 5.95. The van der Waals surface area contributed by atoms with E-state index in [-0.39, 0.29) is 0 Å². The minimum absolute atomic E-state index is 0.532. The van der Waals surface area contributed by atoms with E-state index >= 15 is 0 Å². The third-order valence-corrected chi connectivity index (χ3v) is 4.84. The minimum atomic E-state index is 0.532. The Balaban J connectivity index is 1.48. The van der Waals surface area contributed by atoms with E-state index in [1.54, 1.807) is 12.4 Å². The molecule has 0 atom stereocenters. The van der Waals surface area contributed by atoms with Crippen molar-refractivity contribution in [1.82, 2.24) is 15.2 Å². The molecule has 5 nitrogen and oxygen atoms in total. The number of aryl methyl sites for hydroxylation is 1. The highest BCUT2D eigenvalue weighted by atomic mass is 32.2. The Bertz CT molecular complexity index is 1030. The molecule has 6 heteroatoms. The summed E-state index contributed by atoms with van der Waals surface area (Å²) in [7, 11) is 0. The normalized spacial score (nSPS) is 10.7. The van der Waals surface area contributed by atoms with Crippen LogP contribution >= 0.6 is 11.8 Å². The van der Waals surface area contributed by atoms with E-state index in [4.69, 9.17) is 9.15 Å². The summed E-state index contributed by atoms with van der Waals surface area (Å²) in [6, 6.07) is 19.6. The fourth-order valence-corrected chi connectivity index (χ4v) is 3.34. The Labute approximate surface area is 161 Å². The average Bonchev–Trinajstić information content (AvgIpc) is 3.17. The van der Waals surface area contributed by atoms with Gasteiger partial charge in [0.1, 0.15) is 11.5 Å². The molecule has 0 saturated carbocycles. The van der Waals surface area contributed by atoms with E-state index in [0.717, 1.165) is 22.4 Å². The maximum Gasteiger partial charge on any atom is 0.277 e. The molecule has 0 spiro atoms. The Hall–Kier alpha value is -3.12. The summed E-state index contributed by atoms with van der Waals surface area (Å²) in [4.78, 5) is 4.08. The van der Waals surface area contributed by atoms with Crippen molar-refractivity contribution >= 4 is 11.8 Å². The summed E-state index contributed by atoms with van der Waals surface area (Å²) in [5.74, 6) is 2.69. The van der Waals surface area contributed by atoms with Crippen LogP contribution < -0.4 is 4.74 Å². The fourth-order valence-electron chi connectivity index (χ4n) is 2.59. The summed E-state index contributed by atoms with van der Waals surface area (Å²) in [5.41, 5.74) is 3.10. The van der Waals surface area contributed by atoms with Gasteiger partial charge in [-0.2, -0.15) is 0 Å². The molecule has 0 aliphatic heterocycles. The second-order valence-electron chi connectivity index (χ2n) is 5.88. The number of nitrogens with zero attached hydrogens (tertiary/aromatic N) is 3. The van der Waals surface area contributed by atoms with Gasteiger partial charge in [-0.25, -0.2) is 0 Å². The van der Waals surface area contributed by atoms with Gasteiger partial charge < -0.3 is 9.15 Å². The van der Waals surface area contributed by atoms with E-state index in [0.29, 0.717) is 22.6 Å². The quantitative estimate of drug-likeness (QED) is 0.413. The predicted molar refractivity (Wildman–Crippen MR) is 105 cm³/mol. The van der Waals surface area contributed by atoms with E-state index in [1.165, 1.54) is 11.8 Å². The lowest BCUT2D eigenvalue weighted by atomic mass is 10.1. The Morgan fingerprint density at radius 2 is 1.81 bits per heavy atom. The van der Waals surface area contributed by atoms with Crippen LogP contribution in [0.5, 0.6) is 11.5 Å². The lowest BCUT2D eigenvalue weighted by molar-refractivity contribution is 0.464. The SMILES string of the molecule is Cc1ccccc1-c1nnc(SCc2ccccc2Oc2cccnc2)o1. The maximum absolute atomic E-state index is 5.95. The fraction of sp³-hybridized carbons (Fsp3) is 0.0952. The smallest absolute Gasteiger partial charge is 0.277 e. The number of thioether (sulfide) groups is 1. The van der Waals surface area contributed by atoms with Gasteiger partial charge in [-0.1, -0.05) is 48.2 Å². The average molecular weight is 375 g/mol. The number of para-hydroxylation sites is 1. The molecule has 0 N–H and O–H groups in total. The van der Waals surface area contributed by atoms with Crippen LogP contribution in [-0.2, 0) is 5.75 Å².